The summed E-state index contributed by atoms with van der Waals surface area (Å²) in [4.78, 5) is 14.7. The quantitative estimate of drug-likeness (QED) is 0.927. The average Bonchev–Trinajstić information content (AvgIpc) is 2.42. The molecule has 1 aliphatic heterocycles. The largest absolute Gasteiger partial charge is 0.348 e. The monoisotopic (exact) mass is 324 g/mol. The maximum absolute atomic E-state index is 12.3. The summed E-state index contributed by atoms with van der Waals surface area (Å²) in [6.07, 6.45) is 2.24. The van der Waals surface area contributed by atoms with Gasteiger partial charge in [0, 0.05) is 17.1 Å². The average molecular weight is 325 g/mol. The molecule has 4 heteroatoms. The number of halogens is 1. The van der Waals surface area contributed by atoms with Crippen LogP contribution in [0.2, 0.25) is 0 Å². The number of nitrogens with zero attached hydrogens (tertiary/aromatic N) is 1. The lowest BCUT2D eigenvalue weighted by Crippen LogP contribution is -2.47. The molecule has 1 unspecified atom stereocenters. The molecule has 0 aliphatic carbocycles. The number of piperidine rings is 1. The molecule has 2 rings (SSSR count). The lowest BCUT2D eigenvalue weighted by molar-refractivity contribution is 0.0905. The van der Waals surface area contributed by atoms with Crippen LogP contribution < -0.4 is 5.32 Å². The minimum atomic E-state index is 0.0264. The van der Waals surface area contributed by atoms with Crippen molar-refractivity contribution in [1.82, 2.24) is 10.2 Å². The van der Waals surface area contributed by atoms with E-state index in [4.69, 9.17) is 0 Å². The third kappa shape index (κ3) is 3.57. The first-order valence-corrected chi connectivity index (χ1v) is 7.69. The summed E-state index contributed by atoms with van der Waals surface area (Å²) >= 11 is 3.50. The number of hydrogen-bond acceptors (Lipinski definition) is 2. The molecule has 1 aliphatic rings. The number of aryl methyl sites for hydroxylation is 1. The van der Waals surface area contributed by atoms with E-state index in [-0.39, 0.29) is 11.9 Å². The van der Waals surface area contributed by atoms with Crippen molar-refractivity contribution in [3.8, 4) is 0 Å². The molecule has 19 heavy (non-hydrogen) atoms. The van der Waals surface area contributed by atoms with Gasteiger partial charge in [-0.05, 0) is 60.4 Å². The fourth-order valence-corrected chi connectivity index (χ4v) is 2.99. The maximum atomic E-state index is 12.3. The minimum absolute atomic E-state index is 0.0264. The van der Waals surface area contributed by atoms with Gasteiger partial charge < -0.3 is 10.2 Å². The van der Waals surface area contributed by atoms with Gasteiger partial charge in [0.1, 0.15) is 0 Å². The second-order valence-electron chi connectivity index (χ2n) is 5.14. The Bertz CT molecular complexity index is 461. The Morgan fingerprint density at radius 3 is 3.05 bits per heavy atom. The highest BCUT2D eigenvalue weighted by Crippen LogP contribution is 2.21. The Balaban J connectivity index is 2.02. The molecule has 0 radical (unpaired) electrons. The highest BCUT2D eigenvalue weighted by molar-refractivity contribution is 9.10. The predicted octanol–water partition coefficient (Wildman–Crippen LogP) is 2.97. The lowest BCUT2D eigenvalue weighted by atomic mass is 10.0. The second kappa shape index (κ2) is 6.53. The molecule has 0 saturated carbocycles. The van der Waals surface area contributed by atoms with Crippen molar-refractivity contribution in [1.29, 1.82) is 0 Å². The molecule has 1 fully saturated rings. The van der Waals surface area contributed by atoms with E-state index in [9.17, 15) is 4.79 Å². The first kappa shape index (κ1) is 14.5. The predicted molar refractivity (Wildman–Crippen MR) is 81.5 cm³/mol. The molecule has 1 N–H and O–H groups in total. The summed E-state index contributed by atoms with van der Waals surface area (Å²) in [6.45, 7) is 7.34. The van der Waals surface area contributed by atoms with E-state index < -0.39 is 0 Å². The van der Waals surface area contributed by atoms with Gasteiger partial charge in [-0.1, -0.05) is 19.1 Å². The van der Waals surface area contributed by atoms with Crippen LogP contribution in [0.4, 0.5) is 0 Å². The van der Waals surface area contributed by atoms with Crippen LogP contribution in [0.15, 0.2) is 22.7 Å². The summed E-state index contributed by atoms with van der Waals surface area (Å²) in [5.74, 6) is 0.0264. The van der Waals surface area contributed by atoms with Crippen molar-refractivity contribution in [2.75, 3.05) is 19.6 Å². The molecule has 0 aromatic heterocycles. The number of benzene rings is 1. The summed E-state index contributed by atoms with van der Waals surface area (Å²) in [6, 6.07) is 6.06. The zero-order chi connectivity index (χ0) is 13.8. The Kier molecular flexibility index (Phi) is 4.99. The number of nitrogens with one attached hydrogen (secondary N) is 1. The van der Waals surface area contributed by atoms with E-state index in [1.165, 1.54) is 0 Å². The first-order chi connectivity index (χ1) is 9.11. The molecular weight excluding hydrogens is 304 g/mol. The number of likely N-dealkylation sites (tertiary alicyclic amines) is 1. The van der Waals surface area contributed by atoms with E-state index in [0.717, 1.165) is 48.1 Å². The number of carbonyl (C=O) groups excluding carboxylic acids is 1. The summed E-state index contributed by atoms with van der Waals surface area (Å²) < 4.78 is 0.899. The van der Waals surface area contributed by atoms with Crippen molar-refractivity contribution in [3.63, 3.8) is 0 Å². The van der Waals surface area contributed by atoms with Crippen LogP contribution in [0.1, 0.15) is 35.7 Å². The Morgan fingerprint density at radius 2 is 2.32 bits per heavy atom. The molecule has 3 nitrogen and oxygen atoms in total. The van der Waals surface area contributed by atoms with Gasteiger partial charge in [-0.3, -0.25) is 4.79 Å². The van der Waals surface area contributed by atoms with Crippen LogP contribution in [0.25, 0.3) is 0 Å². The van der Waals surface area contributed by atoms with Crippen LogP contribution in [0, 0.1) is 6.92 Å². The SMILES string of the molecule is CCN1CCCC(NC(=O)c2cccc(C)c2Br)C1. The molecule has 1 aromatic carbocycles. The topological polar surface area (TPSA) is 32.3 Å². The molecule has 104 valence electrons. The number of likely N-dealkylation sites (N-methyl/N-ethyl adjacent to an activating group) is 1. The maximum Gasteiger partial charge on any atom is 0.252 e. The van der Waals surface area contributed by atoms with Crippen LogP contribution in [0.3, 0.4) is 0 Å². The van der Waals surface area contributed by atoms with Gasteiger partial charge in [-0.15, -0.1) is 0 Å². The van der Waals surface area contributed by atoms with Gasteiger partial charge in [-0.25, -0.2) is 0 Å². The van der Waals surface area contributed by atoms with Gasteiger partial charge in [0.15, 0.2) is 0 Å². The minimum Gasteiger partial charge on any atom is -0.348 e. The third-order valence-electron chi connectivity index (χ3n) is 3.72. The zero-order valence-electron chi connectivity index (χ0n) is 11.6. The molecule has 1 saturated heterocycles. The Hall–Kier alpha value is -0.870. The van der Waals surface area contributed by atoms with Crippen molar-refractivity contribution in [2.24, 2.45) is 0 Å². The molecule has 0 spiro atoms. The van der Waals surface area contributed by atoms with Gasteiger partial charge in [0.25, 0.3) is 5.91 Å². The first-order valence-electron chi connectivity index (χ1n) is 6.90. The second-order valence-corrected chi connectivity index (χ2v) is 5.94. The molecular formula is C15H21BrN2O. The molecule has 0 bridgehead atoms. The van der Waals surface area contributed by atoms with Crippen molar-refractivity contribution in [3.05, 3.63) is 33.8 Å². The van der Waals surface area contributed by atoms with Crippen LogP contribution in [0.5, 0.6) is 0 Å². The van der Waals surface area contributed by atoms with Crippen LogP contribution >= 0.6 is 15.9 Å². The third-order valence-corrected chi connectivity index (χ3v) is 4.78. The Morgan fingerprint density at radius 1 is 1.53 bits per heavy atom. The summed E-state index contributed by atoms with van der Waals surface area (Å²) in [7, 11) is 0. The highest BCUT2D eigenvalue weighted by Gasteiger charge is 2.21. The fraction of sp³-hybridized carbons (Fsp3) is 0.533. The number of rotatable bonds is 3. The number of hydrogen-bond donors (Lipinski definition) is 1. The molecule has 1 amide bonds. The van der Waals surface area contributed by atoms with Gasteiger partial charge in [-0.2, -0.15) is 0 Å². The lowest BCUT2D eigenvalue weighted by Gasteiger charge is -2.32. The highest BCUT2D eigenvalue weighted by atomic mass is 79.9. The van der Waals surface area contributed by atoms with Gasteiger partial charge >= 0.3 is 0 Å². The smallest absolute Gasteiger partial charge is 0.252 e. The van der Waals surface area contributed by atoms with Crippen LogP contribution in [-0.2, 0) is 0 Å². The van der Waals surface area contributed by atoms with Crippen molar-refractivity contribution >= 4 is 21.8 Å². The molecule has 1 atom stereocenters. The number of amides is 1. The van der Waals surface area contributed by atoms with E-state index >= 15 is 0 Å². The van der Waals surface area contributed by atoms with Crippen molar-refractivity contribution < 1.29 is 4.79 Å². The fourth-order valence-electron chi connectivity index (χ4n) is 2.55. The zero-order valence-corrected chi connectivity index (χ0v) is 13.2. The van der Waals surface area contributed by atoms with Gasteiger partial charge in [0.2, 0.25) is 0 Å². The van der Waals surface area contributed by atoms with Crippen molar-refractivity contribution in [2.45, 2.75) is 32.7 Å². The normalized spacial score (nSPS) is 20.3. The van der Waals surface area contributed by atoms with Gasteiger partial charge in [0.05, 0.1) is 5.56 Å². The molecule has 1 heterocycles. The van der Waals surface area contributed by atoms with E-state index in [0.29, 0.717) is 0 Å². The molecule has 1 aromatic rings. The summed E-state index contributed by atoms with van der Waals surface area (Å²) in [5.41, 5.74) is 1.82. The summed E-state index contributed by atoms with van der Waals surface area (Å²) in [5, 5.41) is 3.16. The number of carbonyl (C=O) groups is 1. The van der Waals surface area contributed by atoms with E-state index in [1.54, 1.807) is 0 Å². The standard InChI is InChI=1S/C15H21BrN2O/c1-3-18-9-5-7-12(10-18)17-15(19)13-8-4-6-11(2)14(13)16/h4,6,8,12H,3,5,7,9-10H2,1-2H3,(H,17,19). The van der Waals surface area contributed by atoms with Crippen LogP contribution in [-0.4, -0.2) is 36.5 Å². The van der Waals surface area contributed by atoms with E-state index in [1.807, 2.05) is 25.1 Å². The Labute approximate surface area is 123 Å². The van der Waals surface area contributed by atoms with E-state index in [2.05, 4.69) is 33.1 Å².